The van der Waals surface area contributed by atoms with Crippen molar-refractivity contribution in [3.8, 4) is 34.4 Å². The third kappa shape index (κ3) is 2.64. The number of anilines is 1. The Kier molecular flexibility index (Phi) is 3.87. The van der Waals surface area contributed by atoms with Gasteiger partial charge in [-0.25, -0.2) is 4.52 Å². The standard InChI is InChI=1S/C21H19N9/c1-28-11-16(10-26-28)15-6-17(19-2-5-25-29(19)12-15)18-13-30(27-20(18)24)21(3-4-22)7-14(8-21)9-23/h2,5-6,10-14H,3,7-8H2,1H3,(H2,24,27). The predicted molar refractivity (Wildman–Crippen MR) is 110 cm³/mol. The summed E-state index contributed by atoms with van der Waals surface area (Å²) in [6.45, 7) is 0. The molecule has 30 heavy (non-hydrogen) atoms. The molecule has 2 N–H and O–H groups in total. The van der Waals surface area contributed by atoms with Crippen molar-refractivity contribution in [2.45, 2.75) is 24.8 Å². The molecule has 0 radical (unpaired) electrons. The fraction of sp³-hybridized carbons (Fsp3) is 0.286. The first-order valence-electron chi connectivity index (χ1n) is 9.62. The minimum atomic E-state index is -0.473. The zero-order valence-corrected chi connectivity index (χ0v) is 16.4. The van der Waals surface area contributed by atoms with Crippen molar-refractivity contribution in [2.24, 2.45) is 13.0 Å². The first-order valence-corrected chi connectivity index (χ1v) is 9.62. The highest BCUT2D eigenvalue weighted by Crippen LogP contribution is 2.47. The molecule has 5 rings (SSSR count). The molecule has 0 bridgehead atoms. The van der Waals surface area contributed by atoms with Gasteiger partial charge >= 0.3 is 0 Å². The molecular weight excluding hydrogens is 378 g/mol. The van der Waals surface area contributed by atoms with Crippen molar-refractivity contribution in [1.82, 2.24) is 29.2 Å². The number of nitrogen functional groups attached to an aromatic ring is 1. The monoisotopic (exact) mass is 397 g/mol. The molecule has 0 aliphatic heterocycles. The molecular formula is C21H19N9. The van der Waals surface area contributed by atoms with E-state index in [0.29, 0.717) is 25.1 Å². The van der Waals surface area contributed by atoms with Crippen LogP contribution in [0, 0.1) is 28.6 Å². The third-order valence-electron chi connectivity index (χ3n) is 5.91. The number of nitrogens with two attached hydrogens (primary N) is 1. The maximum atomic E-state index is 9.33. The van der Waals surface area contributed by atoms with Gasteiger partial charge in [0, 0.05) is 54.1 Å². The van der Waals surface area contributed by atoms with E-state index in [1.807, 2.05) is 36.2 Å². The Morgan fingerprint density at radius 1 is 1.17 bits per heavy atom. The third-order valence-corrected chi connectivity index (χ3v) is 5.91. The molecule has 0 aromatic carbocycles. The smallest absolute Gasteiger partial charge is 0.153 e. The van der Waals surface area contributed by atoms with Gasteiger partial charge in [0.25, 0.3) is 0 Å². The highest BCUT2D eigenvalue weighted by molar-refractivity contribution is 5.88. The van der Waals surface area contributed by atoms with Crippen LogP contribution in [-0.2, 0) is 12.6 Å². The highest BCUT2D eigenvalue weighted by Gasteiger charge is 2.47. The lowest BCUT2D eigenvalue weighted by Crippen LogP contribution is -2.46. The van der Waals surface area contributed by atoms with Gasteiger partial charge in [-0.2, -0.15) is 25.8 Å². The van der Waals surface area contributed by atoms with Crippen LogP contribution >= 0.6 is 0 Å². The summed E-state index contributed by atoms with van der Waals surface area (Å²) in [6.07, 6.45) is 10.9. The molecule has 9 nitrogen and oxygen atoms in total. The molecule has 9 heteroatoms. The molecule has 4 aromatic heterocycles. The second-order valence-corrected chi connectivity index (χ2v) is 7.87. The molecule has 0 spiro atoms. The summed E-state index contributed by atoms with van der Waals surface area (Å²) in [4.78, 5) is 0. The number of aryl methyl sites for hydroxylation is 1. The Hall–Kier alpha value is -4.11. The molecule has 1 aliphatic rings. The molecule has 0 unspecified atom stereocenters. The maximum absolute atomic E-state index is 9.33. The van der Waals surface area contributed by atoms with Crippen LogP contribution in [0.4, 0.5) is 5.82 Å². The molecule has 0 saturated heterocycles. The molecule has 1 aliphatic carbocycles. The van der Waals surface area contributed by atoms with Gasteiger partial charge in [0.1, 0.15) is 0 Å². The zero-order valence-electron chi connectivity index (χ0n) is 16.4. The van der Waals surface area contributed by atoms with Gasteiger partial charge < -0.3 is 5.73 Å². The fourth-order valence-corrected chi connectivity index (χ4v) is 4.32. The summed E-state index contributed by atoms with van der Waals surface area (Å²) < 4.78 is 5.36. The molecule has 0 amide bonds. The zero-order chi connectivity index (χ0) is 20.9. The number of hydrogen-bond acceptors (Lipinski definition) is 6. The van der Waals surface area contributed by atoms with Crippen molar-refractivity contribution < 1.29 is 0 Å². The SMILES string of the molecule is Cn1cc(-c2cc(-c3cn(C4(CC#N)CC(C#N)C4)nc3N)c3ccnn3c2)cn1. The quantitative estimate of drug-likeness (QED) is 0.564. The lowest BCUT2D eigenvalue weighted by molar-refractivity contribution is 0.0885. The van der Waals surface area contributed by atoms with Gasteiger partial charge in [-0.3, -0.25) is 9.36 Å². The molecule has 1 fully saturated rings. The number of aromatic nitrogens is 6. The van der Waals surface area contributed by atoms with E-state index in [-0.39, 0.29) is 5.92 Å². The van der Waals surface area contributed by atoms with Gasteiger partial charge in [0.2, 0.25) is 0 Å². The fourth-order valence-electron chi connectivity index (χ4n) is 4.32. The van der Waals surface area contributed by atoms with E-state index in [0.717, 1.165) is 27.8 Å². The van der Waals surface area contributed by atoms with Crippen LogP contribution in [-0.4, -0.2) is 29.2 Å². The highest BCUT2D eigenvalue weighted by atomic mass is 15.3. The first-order chi connectivity index (χ1) is 14.5. The van der Waals surface area contributed by atoms with Crippen LogP contribution in [0.3, 0.4) is 0 Å². The van der Waals surface area contributed by atoms with E-state index in [2.05, 4.69) is 33.5 Å². The van der Waals surface area contributed by atoms with E-state index in [9.17, 15) is 10.5 Å². The van der Waals surface area contributed by atoms with Crippen LogP contribution in [0.1, 0.15) is 19.3 Å². The van der Waals surface area contributed by atoms with Crippen LogP contribution in [0.15, 0.2) is 43.1 Å². The van der Waals surface area contributed by atoms with Crippen LogP contribution in [0.5, 0.6) is 0 Å². The van der Waals surface area contributed by atoms with E-state index in [1.165, 1.54) is 0 Å². The topological polar surface area (TPSA) is 127 Å². The second-order valence-electron chi connectivity index (χ2n) is 7.87. The lowest BCUT2D eigenvalue weighted by Gasteiger charge is -2.43. The van der Waals surface area contributed by atoms with Gasteiger partial charge in [-0.15, -0.1) is 0 Å². The van der Waals surface area contributed by atoms with E-state index in [4.69, 9.17) is 5.73 Å². The summed E-state index contributed by atoms with van der Waals surface area (Å²) in [5.74, 6) is 0.335. The van der Waals surface area contributed by atoms with Crippen LogP contribution < -0.4 is 5.73 Å². The van der Waals surface area contributed by atoms with E-state index < -0.39 is 5.54 Å². The Labute approximate surface area is 172 Å². The Balaban J connectivity index is 1.64. The number of nitrogens with zero attached hydrogens (tertiary/aromatic N) is 8. The minimum absolute atomic E-state index is 0.0531. The average Bonchev–Trinajstić information content (AvgIpc) is 3.43. The molecule has 148 valence electrons. The van der Waals surface area contributed by atoms with Crippen molar-refractivity contribution in [1.29, 1.82) is 10.5 Å². The van der Waals surface area contributed by atoms with Crippen molar-refractivity contribution in [2.75, 3.05) is 5.73 Å². The maximum Gasteiger partial charge on any atom is 0.153 e. The second kappa shape index (κ2) is 6.46. The summed E-state index contributed by atoms with van der Waals surface area (Å²) in [6, 6.07) is 8.52. The number of fused-ring (bicyclic) bond motifs is 1. The van der Waals surface area contributed by atoms with Gasteiger partial charge in [-0.05, 0) is 25.0 Å². The normalized spacial score (nSPS) is 20.6. The van der Waals surface area contributed by atoms with Gasteiger partial charge in [0.15, 0.2) is 5.82 Å². The summed E-state index contributed by atoms with van der Waals surface area (Å²) in [5, 5.41) is 31.8. The Morgan fingerprint density at radius 3 is 2.70 bits per heavy atom. The van der Waals surface area contributed by atoms with Crippen LogP contribution in [0.25, 0.3) is 27.8 Å². The predicted octanol–water partition coefficient (Wildman–Crippen LogP) is 2.72. The van der Waals surface area contributed by atoms with E-state index in [1.54, 1.807) is 21.8 Å². The van der Waals surface area contributed by atoms with Gasteiger partial charge in [-0.1, -0.05) is 0 Å². The summed E-state index contributed by atoms with van der Waals surface area (Å²) in [5.41, 5.74) is 10.4. The Bertz CT molecular complexity index is 1330. The number of pyridine rings is 1. The first kappa shape index (κ1) is 18.0. The number of hydrogen-bond donors (Lipinski definition) is 1. The van der Waals surface area contributed by atoms with Crippen molar-refractivity contribution in [3.05, 3.63) is 43.1 Å². The number of rotatable bonds is 4. The summed E-state index contributed by atoms with van der Waals surface area (Å²) >= 11 is 0. The number of nitriles is 2. The molecule has 4 aromatic rings. The largest absolute Gasteiger partial charge is 0.382 e. The molecule has 4 heterocycles. The summed E-state index contributed by atoms with van der Waals surface area (Å²) in [7, 11) is 1.88. The van der Waals surface area contributed by atoms with Gasteiger partial charge in [0.05, 0.1) is 41.7 Å². The molecule has 0 atom stereocenters. The Morgan fingerprint density at radius 2 is 2.00 bits per heavy atom. The minimum Gasteiger partial charge on any atom is -0.382 e. The lowest BCUT2D eigenvalue weighted by atomic mass is 9.67. The van der Waals surface area contributed by atoms with E-state index >= 15 is 0 Å². The van der Waals surface area contributed by atoms with Crippen LogP contribution in [0.2, 0.25) is 0 Å². The van der Waals surface area contributed by atoms with Crippen molar-refractivity contribution >= 4 is 11.3 Å². The average molecular weight is 397 g/mol. The van der Waals surface area contributed by atoms with Crippen molar-refractivity contribution in [3.63, 3.8) is 0 Å². The molecule has 1 saturated carbocycles.